The van der Waals surface area contributed by atoms with E-state index in [1.807, 2.05) is 5.01 Å². The first kappa shape index (κ1) is 5.65. The van der Waals surface area contributed by atoms with Gasteiger partial charge in [0.05, 0.1) is 0 Å². The number of hydrogen-bond acceptors (Lipinski definition) is 3. The second-order valence-corrected chi connectivity index (χ2v) is 3.03. The fourth-order valence-corrected chi connectivity index (χ4v) is 1.74. The van der Waals surface area contributed by atoms with E-state index in [0.717, 1.165) is 13.1 Å². The highest BCUT2D eigenvalue weighted by atomic mass is 15.4. The van der Waals surface area contributed by atoms with Gasteiger partial charge < -0.3 is 5.32 Å². The number of nitrogens with two attached hydrogens (primary N) is 1. The lowest BCUT2D eigenvalue weighted by molar-refractivity contribution is 0.0758. The van der Waals surface area contributed by atoms with Gasteiger partial charge in [0.1, 0.15) is 0 Å². The Labute approximate surface area is 55.2 Å². The molecule has 52 valence electrons. The molecule has 0 aromatic rings. The Morgan fingerprint density at radius 3 is 2.56 bits per heavy atom. The van der Waals surface area contributed by atoms with Crippen LogP contribution >= 0.6 is 0 Å². The van der Waals surface area contributed by atoms with E-state index >= 15 is 0 Å². The minimum Gasteiger partial charge on any atom is -0.311 e. The average molecular weight is 127 g/mol. The zero-order chi connectivity index (χ0) is 6.27. The van der Waals surface area contributed by atoms with Crippen LogP contribution in [-0.2, 0) is 0 Å². The molecule has 2 atom stereocenters. The van der Waals surface area contributed by atoms with Gasteiger partial charge in [0.15, 0.2) is 0 Å². The first-order valence-corrected chi connectivity index (χ1v) is 3.61. The molecule has 3 nitrogen and oxygen atoms in total. The molecular formula is C6H13N3. The van der Waals surface area contributed by atoms with Crippen molar-refractivity contribution in [1.29, 1.82) is 0 Å². The molecule has 0 aromatic carbocycles. The van der Waals surface area contributed by atoms with Crippen molar-refractivity contribution in [3.05, 3.63) is 0 Å². The summed E-state index contributed by atoms with van der Waals surface area (Å²) in [5, 5.41) is 5.40. The summed E-state index contributed by atoms with van der Waals surface area (Å²) in [7, 11) is 0. The van der Waals surface area contributed by atoms with E-state index in [-0.39, 0.29) is 0 Å². The van der Waals surface area contributed by atoms with Gasteiger partial charge in [0, 0.05) is 25.2 Å². The van der Waals surface area contributed by atoms with Crippen molar-refractivity contribution in [3.63, 3.8) is 0 Å². The lowest BCUT2D eigenvalue weighted by atomic mass is 9.95. The minimum absolute atomic E-state index is 0.620. The molecule has 3 saturated heterocycles. The standard InChI is InChI=1S/C6H13N3/c7-9-4-5-1-2-6(9)3-8-5/h5-6,8H,1-4,7H2/t5?,6-/m0/s1. The second-order valence-electron chi connectivity index (χ2n) is 3.03. The molecule has 9 heavy (non-hydrogen) atoms. The zero-order valence-electron chi connectivity index (χ0n) is 5.51. The zero-order valence-corrected chi connectivity index (χ0v) is 5.51. The van der Waals surface area contributed by atoms with E-state index in [1.165, 1.54) is 12.8 Å². The second kappa shape index (κ2) is 1.94. The summed E-state index contributed by atoms with van der Waals surface area (Å²) in [5.41, 5.74) is 0. The fraction of sp³-hybridized carbons (Fsp3) is 1.00. The molecule has 3 N–H and O–H groups in total. The summed E-state index contributed by atoms with van der Waals surface area (Å²) in [6.07, 6.45) is 2.60. The van der Waals surface area contributed by atoms with Crippen LogP contribution in [0.4, 0.5) is 0 Å². The minimum atomic E-state index is 0.620. The quantitative estimate of drug-likeness (QED) is 0.423. The normalized spacial score (nSPS) is 43.7. The Morgan fingerprint density at radius 1 is 1.44 bits per heavy atom. The molecule has 2 bridgehead atoms. The molecule has 0 saturated carbocycles. The third-order valence-electron chi connectivity index (χ3n) is 2.39. The van der Waals surface area contributed by atoms with Crippen molar-refractivity contribution in [2.24, 2.45) is 5.84 Å². The summed E-state index contributed by atoms with van der Waals surface area (Å²) >= 11 is 0. The fourth-order valence-electron chi connectivity index (χ4n) is 1.74. The smallest absolute Gasteiger partial charge is 0.0367 e. The molecule has 1 unspecified atom stereocenters. The Bertz CT molecular complexity index is 107. The topological polar surface area (TPSA) is 41.3 Å². The maximum atomic E-state index is 5.71. The van der Waals surface area contributed by atoms with Gasteiger partial charge in [-0.05, 0) is 12.8 Å². The summed E-state index contributed by atoms with van der Waals surface area (Å²) in [4.78, 5) is 0. The molecule has 3 aliphatic heterocycles. The number of rotatable bonds is 0. The van der Waals surface area contributed by atoms with E-state index in [1.54, 1.807) is 0 Å². The Kier molecular flexibility index (Phi) is 1.22. The van der Waals surface area contributed by atoms with Gasteiger partial charge in [-0.25, -0.2) is 5.01 Å². The predicted octanol–water partition coefficient (Wildman–Crippen LogP) is -0.704. The number of piperazine rings is 1. The van der Waals surface area contributed by atoms with E-state index in [9.17, 15) is 0 Å². The molecule has 0 aliphatic carbocycles. The summed E-state index contributed by atoms with van der Waals surface area (Å²) in [6.45, 7) is 2.14. The lowest BCUT2D eigenvalue weighted by Gasteiger charge is -2.43. The van der Waals surface area contributed by atoms with Crippen LogP contribution in [0.1, 0.15) is 12.8 Å². The summed E-state index contributed by atoms with van der Waals surface area (Å²) < 4.78 is 0. The van der Waals surface area contributed by atoms with Crippen molar-refractivity contribution in [3.8, 4) is 0 Å². The van der Waals surface area contributed by atoms with Crippen LogP contribution in [0.15, 0.2) is 0 Å². The molecule has 0 amide bonds. The predicted molar refractivity (Wildman–Crippen MR) is 35.7 cm³/mol. The number of hydrazine groups is 1. The van der Waals surface area contributed by atoms with Gasteiger partial charge in [-0.15, -0.1) is 0 Å². The molecule has 0 radical (unpaired) electrons. The lowest BCUT2D eigenvalue weighted by Crippen LogP contribution is -2.63. The highest BCUT2D eigenvalue weighted by Gasteiger charge is 2.31. The van der Waals surface area contributed by atoms with E-state index < -0.39 is 0 Å². The average Bonchev–Trinajstić information content (AvgIpc) is 1.90. The maximum Gasteiger partial charge on any atom is 0.0367 e. The molecular weight excluding hydrogens is 114 g/mol. The molecule has 3 heterocycles. The summed E-state index contributed by atoms with van der Waals surface area (Å²) in [5.74, 6) is 5.71. The first-order chi connectivity index (χ1) is 4.36. The van der Waals surface area contributed by atoms with Crippen LogP contribution in [0.25, 0.3) is 0 Å². The van der Waals surface area contributed by atoms with Gasteiger partial charge in [0.2, 0.25) is 0 Å². The molecule has 3 fully saturated rings. The molecule has 0 aromatic heterocycles. The highest BCUT2D eigenvalue weighted by molar-refractivity contribution is 4.89. The molecule has 0 spiro atoms. The Morgan fingerprint density at radius 2 is 2.33 bits per heavy atom. The van der Waals surface area contributed by atoms with Gasteiger partial charge in [-0.1, -0.05) is 0 Å². The number of hydrogen-bond donors (Lipinski definition) is 2. The number of nitrogens with one attached hydrogen (secondary N) is 1. The molecule has 3 rings (SSSR count). The highest BCUT2D eigenvalue weighted by Crippen LogP contribution is 2.18. The number of fused-ring (bicyclic) bond motifs is 3. The van der Waals surface area contributed by atoms with Crippen LogP contribution in [0.3, 0.4) is 0 Å². The van der Waals surface area contributed by atoms with Crippen molar-refractivity contribution >= 4 is 0 Å². The Hall–Kier alpha value is -0.120. The van der Waals surface area contributed by atoms with Crippen LogP contribution in [0, 0.1) is 0 Å². The summed E-state index contributed by atoms with van der Waals surface area (Å²) in [6, 6.07) is 1.30. The molecule has 3 aliphatic rings. The molecule has 3 heteroatoms. The van der Waals surface area contributed by atoms with Crippen LogP contribution in [0.2, 0.25) is 0 Å². The Balaban J connectivity index is 2.06. The van der Waals surface area contributed by atoms with Gasteiger partial charge in [-0.2, -0.15) is 0 Å². The van der Waals surface area contributed by atoms with E-state index in [4.69, 9.17) is 5.84 Å². The van der Waals surface area contributed by atoms with Crippen molar-refractivity contribution in [2.75, 3.05) is 13.1 Å². The SMILES string of the molecule is NN1CC2CC[C@H]1CN2. The van der Waals surface area contributed by atoms with E-state index in [2.05, 4.69) is 5.32 Å². The van der Waals surface area contributed by atoms with Crippen molar-refractivity contribution in [2.45, 2.75) is 24.9 Å². The van der Waals surface area contributed by atoms with Crippen LogP contribution < -0.4 is 11.2 Å². The number of piperidine rings is 2. The number of nitrogens with zero attached hydrogens (tertiary/aromatic N) is 1. The largest absolute Gasteiger partial charge is 0.311 e. The third-order valence-corrected chi connectivity index (χ3v) is 2.39. The van der Waals surface area contributed by atoms with Gasteiger partial charge in [-0.3, -0.25) is 5.84 Å². The first-order valence-electron chi connectivity index (χ1n) is 3.61. The van der Waals surface area contributed by atoms with Crippen molar-refractivity contribution < 1.29 is 0 Å². The van der Waals surface area contributed by atoms with Crippen molar-refractivity contribution in [1.82, 2.24) is 10.3 Å². The van der Waals surface area contributed by atoms with E-state index in [0.29, 0.717) is 12.1 Å². The third kappa shape index (κ3) is 0.852. The van der Waals surface area contributed by atoms with Gasteiger partial charge in [0.25, 0.3) is 0 Å². The van der Waals surface area contributed by atoms with Crippen LogP contribution in [0.5, 0.6) is 0 Å². The monoisotopic (exact) mass is 127 g/mol. The van der Waals surface area contributed by atoms with Crippen LogP contribution in [-0.4, -0.2) is 30.2 Å². The maximum absolute atomic E-state index is 5.71. The van der Waals surface area contributed by atoms with Gasteiger partial charge >= 0.3 is 0 Å².